The summed E-state index contributed by atoms with van der Waals surface area (Å²) in [5.41, 5.74) is 5.78. The van der Waals surface area contributed by atoms with Gasteiger partial charge in [-0.25, -0.2) is 4.39 Å². The van der Waals surface area contributed by atoms with Crippen molar-refractivity contribution in [2.24, 2.45) is 0 Å². The van der Waals surface area contributed by atoms with Gasteiger partial charge >= 0.3 is 0 Å². The molecular formula is C26H28FN3O3. The maximum atomic E-state index is 13.8. The minimum atomic E-state index is -0.898. The van der Waals surface area contributed by atoms with E-state index in [-0.39, 0.29) is 18.2 Å². The van der Waals surface area contributed by atoms with E-state index in [1.165, 1.54) is 17.1 Å². The zero-order valence-electron chi connectivity index (χ0n) is 19.0. The summed E-state index contributed by atoms with van der Waals surface area (Å²) >= 11 is 0. The Labute approximate surface area is 193 Å². The van der Waals surface area contributed by atoms with Crippen molar-refractivity contribution in [1.82, 2.24) is 10.3 Å². The standard InChI is InChI=1S/C26H28FN3O3/c1-4-30(29-22-11-13-23(33-3)14-12-22)26(32)24(17-19-8-6-10-21(27)16-19)28-25(31)20-9-5-7-18(2)15-20/h5-16,24,29H,4,17H2,1-3H3,(H,28,31). The summed E-state index contributed by atoms with van der Waals surface area (Å²) in [6.07, 6.45) is 0.148. The molecule has 2 amide bonds. The van der Waals surface area contributed by atoms with Crippen LogP contribution in [0.25, 0.3) is 0 Å². The van der Waals surface area contributed by atoms with E-state index in [1.807, 2.05) is 19.9 Å². The van der Waals surface area contributed by atoms with Crippen LogP contribution in [0, 0.1) is 12.7 Å². The molecular weight excluding hydrogens is 421 g/mol. The lowest BCUT2D eigenvalue weighted by Crippen LogP contribution is -2.51. The molecule has 0 aromatic heterocycles. The van der Waals surface area contributed by atoms with Gasteiger partial charge in [0.05, 0.1) is 12.8 Å². The third-order valence-corrected chi connectivity index (χ3v) is 5.15. The summed E-state index contributed by atoms with van der Waals surface area (Å²) in [7, 11) is 1.58. The van der Waals surface area contributed by atoms with Gasteiger partial charge in [-0.05, 0) is 67.9 Å². The predicted octanol–water partition coefficient (Wildman–Crippen LogP) is 4.36. The van der Waals surface area contributed by atoms with Crippen molar-refractivity contribution in [1.29, 1.82) is 0 Å². The molecule has 3 aromatic carbocycles. The van der Waals surface area contributed by atoms with Crippen molar-refractivity contribution >= 4 is 17.5 Å². The predicted molar refractivity (Wildman–Crippen MR) is 127 cm³/mol. The number of hydrogen-bond donors (Lipinski definition) is 2. The van der Waals surface area contributed by atoms with Gasteiger partial charge in [0, 0.05) is 18.5 Å². The molecule has 1 unspecified atom stereocenters. The first-order valence-electron chi connectivity index (χ1n) is 10.7. The van der Waals surface area contributed by atoms with Gasteiger partial charge in [0.15, 0.2) is 0 Å². The average Bonchev–Trinajstić information content (AvgIpc) is 2.82. The van der Waals surface area contributed by atoms with Gasteiger partial charge in [0.2, 0.25) is 0 Å². The third-order valence-electron chi connectivity index (χ3n) is 5.15. The van der Waals surface area contributed by atoms with Crippen molar-refractivity contribution in [3.63, 3.8) is 0 Å². The third kappa shape index (κ3) is 6.55. The minimum absolute atomic E-state index is 0.148. The molecule has 0 radical (unpaired) electrons. The van der Waals surface area contributed by atoms with Crippen LogP contribution in [0.4, 0.5) is 10.1 Å². The molecule has 3 aromatic rings. The Morgan fingerprint density at radius 2 is 1.76 bits per heavy atom. The van der Waals surface area contributed by atoms with E-state index in [0.29, 0.717) is 29.1 Å². The first-order valence-corrected chi connectivity index (χ1v) is 10.7. The van der Waals surface area contributed by atoms with Crippen molar-refractivity contribution in [2.45, 2.75) is 26.3 Å². The first-order chi connectivity index (χ1) is 15.9. The Hall–Kier alpha value is -3.87. The van der Waals surface area contributed by atoms with E-state index in [9.17, 15) is 14.0 Å². The highest BCUT2D eigenvalue weighted by molar-refractivity contribution is 5.98. The number of ether oxygens (including phenoxy) is 1. The van der Waals surface area contributed by atoms with E-state index < -0.39 is 11.9 Å². The largest absolute Gasteiger partial charge is 0.497 e. The lowest BCUT2D eigenvalue weighted by atomic mass is 10.0. The molecule has 3 rings (SSSR count). The number of carbonyl (C=O) groups is 2. The molecule has 6 nitrogen and oxygen atoms in total. The molecule has 2 N–H and O–H groups in total. The highest BCUT2D eigenvalue weighted by Crippen LogP contribution is 2.17. The van der Waals surface area contributed by atoms with Gasteiger partial charge in [0.25, 0.3) is 11.8 Å². The highest BCUT2D eigenvalue weighted by Gasteiger charge is 2.26. The quantitative estimate of drug-likeness (QED) is 0.476. The minimum Gasteiger partial charge on any atom is -0.497 e. The number of benzene rings is 3. The van der Waals surface area contributed by atoms with Crippen LogP contribution in [0.5, 0.6) is 5.75 Å². The maximum absolute atomic E-state index is 13.8. The Morgan fingerprint density at radius 3 is 2.39 bits per heavy atom. The van der Waals surface area contributed by atoms with Crippen LogP contribution in [-0.2, 0) is 11.2 Å². The number of rotatable bonds is 9. The molecule has 0 saturated carbocycles. The molecule has 172 valence electrons. The molecule has 7 heteroatoms. The first kappa shape index (κ1) is 23.8. The van der Waals surface area contributed by atoms with Gasteiger partial charge in [-0.15, -0.1) is 0 Å². The van der Waals surface area contributed by atoms with Crippen LogP contribution < -0.4 is 15.5 Å². The summed E-state index contributed by atoms with van der Waals surface area (Å²) in [6, 6.07) is 19.4. The lowest BCUT2D eigenvalue weighted by Gasteiger charge is -2.28. The molecule has 0 saturated heterocycles. The highest BCUT2D eigenvalue weighted by atomic mass is 19.1. The fraction of sp³-hybridized carbons (Fsp3) is 0.231. The van der Waals surface area contributed by atoms with Gasteiger partial charge in [0.1, 0.15) is 17.6 Å². The molecule has 1 atom stereocenters. The number of likely N-dealkylation sites (N-methyl/N-ethyl adjacent to an activating group) is 1. The average molecular weight is 450 g/mol. The zero-order chi connectivity index (χ0) is 23.8. The molecule has 0 aliphatic carbocycles. The second-order valence-electron chi connectivity index (χ2n) is 7.65. The molecule has 0 heterocycles. The molecule has 0 aliphatic rings. The second kappa shape index (κ2) is 11.1. The maximum Gasteiger partial charge on any atom is 0.263 e. The van der Waals surface area contributed by atoms with E-state index in [4.69, 9.17) is 4.74 Å². The zero-order valence-corrected chi connectivity index (χ0v) is 19.0. The number of amides is 2. The van der Waals surface area contributed by atoms with Crippen LogP contribution in [0.3, 0.4) is 0 Å². The number of methoxy groups -OCH3 is 1. The lowest BCUT2D eigenvalue weighted by molar-refractivity contribution is -0.131. The van der Waals surface area contributed by atoms with E-state index >= 15 is 0 Å². The smallest absolute Gasteiger partial charge is 0.263 e. The van der Waals surface area contributed by atoms with E-state index in [0.717, 1.165) is 5.56 Å². The number of carbonyl (C=O) groups excluding carboxylic acids is 2. The van der Waals surface area contributed by atoms with Gasteiger partial charge in [-0.3, -0.25) is 20.0 Å². The fourth-order valence-corrected chi connectivity index (χ4v) is 3.43. The molecule has 0 spiro atoms. The van der Waals surface area contributed by atoms with Crippen LogP contribution in [0.1, 0.15) is 28.4 Å². The van der Waals surface area contributed by atoms with Crippen LogP contribution >= 0.6 is 0 Å². The van der Waals surface area contributed by atoms with Gasteiger partial charge in [-0.2, -0.15) is 0 Å². The molecule has 0 bridgehead atoms. The Morgan fingerprint density at radius 1 is 1.03 bits per heavy atom. The van der Waals surface area contributed by atoms with E-state index in [2.05, 4.69) is 10.7 Å². The van der Waals surface area contributed by atoms with Crippen LogP contribution in [0.15, 0.2) is 72.8 Å². The summed E-state index contributed by atoms with van der Waals surface area (Å²) < 4.78 is 18.9. The second-order valence-corrected chi connectivity index (χ2v) is 7.65. The molecule has 33 heavy (non-hydrogen) atoms. The summed E-state index contributed by atoms with van der Waals surface area (Å²) in [5, 5.41) is 4.27. The van der Waals surface area contributed by atoms with Gasteiger partial charge < -0.3 is 10.1 Å². The van der Waals surface area contributed by atoms with Crippen molar-refractivity contribution in [3.05, 3.63) is 95.3 Å². The van der Waals surface area contributed by atoms with Crippen LogP contribution in [0.2, 0.25) is 0 Å². The SMILES string of the molecule is CCN(Nc1ccc(OC)cc1)C(=O)C(Cc1cccc(F)c1)NC(=O)c1cccc(C)c1. The van der Waals surface area contributed by atoms with E-state index in [1.54, 1.807) is 61.7 Å². The van der Waals surface area contributed by atoms with Crippen molar-refractivity contribution in [3.8, 4) is 5.75 Å². The number of anilines is 1. The monoisotopic (exact) mass is 449 g/mol. The topological polar surface area (TPSA) is 70.7 Å². The van der Waals surface area contributed by atoms with Crippen molar-refractivity contribution in [2.75, 3.05) is 19.1 Å². The number of hydrogen-bond acceptors (Lipinski definition) is 4. The molecule has 0 aliphatic heterocycles. The summed E-state index contributed by atoms with van der Waals surface area (Å²) in [6.45, 7) is 4.07. The number of nitrogens with zero attached hydrogens (tertiary/aromatic N) is 1. The Kier molecular flexibility index (Phi) is 8.02. The Bertz CT molecular complexity index is 1100. The number of hydrazine groups is 1. The summed E-state index contributed by atoms with van der Waals surface area (Å²) in [4.78, 5) is 26.4. The van der Waals surface area contributed by atoms with Crippen LogP contribution in [-0.4, -0.2) is 36.5 Å². The number of nitrogens with one attached hydrogen (secondary N) is 2. The Balaban J connectivity index is 1.83. The van der Waals surface area contributed by atoms with Crippen molar-refractivity contribution < 1.29 is 18.7 Å². The summed E-state index contributed by atoms with van der Waals surface area (Å²) in [5.74, 6) is -0.399. The fourth-order valence-electron chi connectivity index (χ4n) is 3.43. The normalized spacial score (nSPS) is 11.4. The number of aryl methyl sites for hydroxylation is 1. The molecule has 0 fully saturated rings. The number of halogens is 1. The van der Waals surface area contributed by atoms with Gasteiger partial charge in [-0.1, -0.05) is 29.8 Å².